The van der Waals surface area contributed by atoms with E-state index in [1.807, 2.05) is 29.7 Å². The fraction of sp³-hybridized carbons (Fsp3) is 0.357. The molecule has 0 saturated heterocycles. The van der Waals surface area contributed by atoms with Crippen LogP contribution in [0.5, 0.6) is 5.75 Å². The minimum absolute atomic E-state index is 0.0228. The number of aromatic nitrogens is 4. The number of anilines is 2. The summed E-state index contributed by atoms with van der Waals surface area (Å²) in [5.41, 5.74) is 2.03. The van der Waals surface area contributed by atoms with Gasteiger partial charge in [-0.05, 0) is 61.6 Å². The van der Waals surface area contributed by atoms with Crippen molar-refractivity contribution in [3.05, 3.63) is 59.4 Å². The number of carboxylic acid groups (broad SMARTS) is 1. The molecule has 3 heterocycles. The topological polar surface area (TPSA) is 114 Å². The van der Waals surface area contributed by atoms with Crippen LogP contribution in [0.15, 0.2) is 42.5 Å². The molecule has 0 amide bonds. The fourth-order valence-corrected chi connectivity index (χ4v) is 5.14. The molecule has 1 fully saturated rings. The SMILES string of the molecule is C[C@@H](Nc1nc(C(=O)O)nc2nc(-c3ccc4c(c3)OCCN4)n(Cc3ccc(C(F)(F)F)cc3)c12)C1CCC1. The van der Waals surface area contributed by atoms with Crippen LogP contribution in [-0.2, 0) is 12.7 Å². The molecule has 6 rings (SSSR count). The Morgan fingerprint density at radius 2 is 1.95 bits per heavy atom. The molecule has 208 valence electrons. The van der Waals surface area contributed by atoms with Crippen LogP contribution in [0, 0.1) is 5.92 Å². The van der Waals surface area contributed by atoms with Gasteiger partial charge in [-0.15, -0.1) is 0 Å². The maximum absolute atomic E-state index is 13.2. The van der Waals surface area contributed by atoms with Gasteiger partial charge in [0.05, 0.1) is 11.3 Å². The average Bonchev–Trinajstić information content (AvgIpc) is 3.25. The molecule has 2 aromatic carbocycles. The molecule has 2 aliphatic rings. The highest BCUT2D eigenvalue weighted by Crippen LogP contribution is 2.37. The summed E-state index contributed by atoms with van der Waals surface area (Å²) in [6.45, 7) is 3.37. The third-order valence-electron chi connectivity index (χ3n) is 7.55. The van der Waals surface area contributed by atoms with E-state index in [1.54, 1.807) is 0 Å². The summed E-state index contributed by atoms with van der Waals surface area (Å²) >= 11 is 0. The molecule has 0 spiro atoms. The van der Waals surface area contributed by atoms with Crippen molar-refractivity contribution in [2.45, 2.75) is 44.9 Å². The Labute approximate surface area is 227 Å². The van der Waals surface area contributed by atoms with Crippen LogP contribution in [0.25, 0.3) is 22.6 Å². The minimum Gasteiger partial charge on any atom is -0.490 e. The van der Waals surface area contributed by atoms with E-state index in [-0.39, 0.29) is 24.1 Å². The fourth-order valence-electron chi connectivity index (χ4n) is 5.14. The van der Waals surface area contributed by atoms with Crippen molar-refractivity contribution in [3.63, 3.8) is 0 Å². The Hall–Kier alpha value is -4.35. The lowest BCUT2D eigenvalue weighted by molar-refractivity contribution is -0.137. The second-order valence-corrected chi connectivity index (χ2v) is 10.2. The number of benzene rings is 2. The molecule has 12 heteroatoms. The second kappa shape index (κ2) is 10.00. The third-order valence-corrected chi connectivity index (χ3v) is 7.55. The van der Waals surface area contributed by atoms with Crippen LogP contribution in [-0.4, -0.2) is 49.8 Å². The number of hydrogen-bond donors (Lipinski definition) is 3. The molecule has 0 radical (unpaired) electrons. The number of halogens is 3. The normalized spacial score (nSPS) is 16.0. The first kappa shape index (κ1) is 25.9. The largest absolute Gasteiger partial charge is 0.490 e. The first-order chi connectivity index (χ1) is 19.2. The summed E-state index contributed by atoms with van der Waals surface area (Å²) in [4.78, 5) is 25.2. The lowest BCUT2D eigenvalue weighted by Crippen LogP contribution is -2.31. The molecular formula is C28H27F3N6O3. The van der Waals surface area contributed by atoms with Gasteiger partial charge in [0.15, 0.2) is 11.5 Å². The van der Waals surface area contributed by atoms with E-state index in [0.29, 0.717) is 53.1 Å². The summed E-state index contributed by atoms with van der Waals surface area (Å²) in [6.07, 6.45) is -1.18. The van der Waals surface area contributed by atoms with Crippen molar-refractivity contribution in [3.8, 4) is 17.1 Å². The van der Waals surface area contributed by atoms with E-state index in [2.05, 4.69) is 20.6 Å². The molecule has 2 aromatic heterocycles. The van der Waals surface area contributed by atoms with Gasteiger partial charge in [0.2, 0.25) is 5.82 Å². The zero-order chi connectivity index (χ0) is 28.0. The summed E-state index contributed by atoms with van der Waals surface area (Å²) in [7, 11) is 0. The number of rotatable bonds is 7. The van der Waals surface area contributed by atoms with Crippen molar-refractivity contribution in [1.82, 2.24) is 19.5 Å². The molecule has 1 atom stereocenters. The van der Waals surface area contributed by atoms with E-state index >= 15 is 0 Å². The Bertz CT molecular complexity index is 1580. The molecule has 0 unspecified atom stereocenters. The smallest absolute Gasteiger partial charge is 0.416 e. The molecule has 1 aliphatic heterocycles. The number of imidazole rings is 1. The van der Waals surface area contributed by atoms with E-state index < -0.39 is 17.7 Å². The van der Waals surface area contributed by atoms with Gasteiger partial charge in [-0.25, -0.2) is 19.7 Å². The van der Waals surface area contributed by atoms with Crippen molar-refractivity contribution in [1.29, 1.82) is 0 Å². The van der Waals surface area contributed by atoms with Crippen LogP contribution < -0.4 is 15.4 Å². The van der Waals surface area contributed by atoms with Gasteiger partial charge >= 0.3 is 12.1 Å². The molecular weight excluding hydrogens is 525 g/mol. The Balaban J connectivity index is 1.51. The number of ether oxygens (including phenoxy) is 1. The summed E-state index contributed by atoms with van der Waals surface area (Å²) < 4.78 is 47.2. The Morgan fingerprint density at radius 3 is 2.62 bits per heavy atom. The van der Waals surface area contributed by atoms with Crippen molar-refractivity contribution in [2.75, 3.05) is 23.8 Å². The number of alkyl halides is 3. The molecule has 3 N–H and O–H groups in total. The summed E-state index contributed by atoms with van der Waals surface area (Å²) in [6, 6.07) is 10.5. The maximum atomic E-state index is 13.2. The van der Waals surface area contributed by atoms with Crippen LogP contribution >= 0.6 is 0 Å². The molecule has 0 bridgehead atoms. The number of hydrogen-bond acceptors (Lipinski definition) is 7. The zero-order valence-electron chi connectivity index (χ0n) is 21.6. The number of nitrogens with zero attached hydrogens (tertiary/aromatic N) is 4. The van der Waals surface area contributed by atoms with Crippen LogP contribution in [0.3, 0.4) is 0 Å². The molecule has 4 aromatic rings. The summed E-state index contributed by atoms with van der Waals surface area (Å²) in [5.74, 6) is 0.180. The molecule has 1 saturated carbocycles. The first-order valence-corrected chi connectivity index (χ1v) is 13.1. The quantitative estimate of drug-likeness (QED) is 0.269. The predicted molar refractivity (Wildman–Crippen MR) is 143 cm³/mol. The highest BCUT2D eigenvalue weighted by atomic mass is 19.4. The van der Waals surface area contributed by atoms with Crippen LogP contribution in [0.2, 0.25) is 0 Å². The predicted octanol–water partition coefficient (Wildman–Crippen LogP) is 5.66. The molecule has 1 aliphatic carbocycles. The van der Waals surface area contributed by atoms with E-state index in [0.717, 1.165) is 37.1 Å². The number of fused-ring (bicyclic) bond motifs is 2. The van der Waals surface area contributed by atoms with Crippen molar-refractivity contribution >= 4 is 28.6 Å². The maximum Gasteiger partial charge on any atom is 0.416 e. The highest BCUT2D eigenvalue weighted by Gasteiger charge is 2.31. The highest BCUT2D eigenvalue weighted by molar-refractivity contribution is 5.92. The number of nitrogens with one attached hydrogen (secondary N) is 2. The lowest BCUT2D eigenvalue weighted by Gasteiger charge is -2.32. The monoisotopic (exact) mass is 552 g/mol. The second-order valence-electron chi connectivity index (χ2n) is 10.2. The molecule has 9 nitrogen and oxygen atoms in total. The number of carboxylic acids is 1. The first-order valence-electron chi connectivity index (χ1n) is 13.1. The van der Waals surface area contributed by atoms with Gasteiger partial charge in [0.1, 0.15) is 23.7 Å². The lowest BCUT2D eigenvalue weighted by atomic mass is 9.80. The third kappa shape index (κ3) is 4.89. The van der Waals surface area contributed by atoms with Gasteiger partial charge in [-0.2, -0.15) is 13.2 Å². The van der Waals surface area contributed by atoms with Crippen LogP contribution in [0.4, 0.5) is 24.7 Å². The standard InChI is InChI=1S/C28H27F3N6O3/c1-15(17-3-2-4-17)33-23-22-24(35-25(34-23)27(38)39)36-26(18-7-10-20-21(13-18)40-12-11-32-20)37(22)14-16-5-8-19(9-6-16)28(29,30)31/h5-10,13,15,17,32H,2-4,11-12,14H2,1H3,(H,38,39)(H,33,34,35)/t15-/m1/s1. The van der Waals surface area contributed by atoms with Gasteiger partial charge in [0.25, 0.3) is 0 Å². The van der Waals surface area contributed by atoms with Crippen LogP contribution in [0.1, 0.15) is 47.9 Å². The molecule has 40 heavy (non-hydrogen) atoms. The van der Waals surface area contributed by atoms with Crippen molar-refractivity contribution in [2.24, 2.45) is 5.92 Å². The van der Waals surface area contributed by atoms with Gasteiger partial charge in [0, 0.05) is 24.7 Å². The zero-order valence-corrected chi connectivity index (χ0v) is 21.6. The van der Waals surface area contributed by atoms with Crippen molar-refractivity contribution < 1.29 is 27.8 Å². The number of aromatic carboxylic acids is 1. The Kier molecular flexibility index (Phi) is 6.47. The number of carbonyl (C=O) groups is 1. The van der Waals surface area contributed by atoms with E-state index in [1.165, 1.54) is 12.1 Å². The van der Waals surface area contributed by atoms with Gasteiger partial charge in [-0.3, -0.25) is 0 Å². The van der Waals surface area contributed by atoms with Gasteiger partial charge < -0.3 is 25.0 Å². The van der Waals surface area contributed by atoms with E-state index in [4.69, 9.17) is 9.72 Å². The Morgan fingerprint density at radius 1 is 1.18 bits per heavy atom. The minimum atomic E-state index is -4.45. The van der Waals surface area contributed by atoms with E-state index in [9.17, 15) is 23.1 Å². The van der Waals surface area contributed by atoms with Gasteiger partial charge in [-0.1, -0.05) is 18.6 Å². The summed E-state index contributed by atoms with van der Waals surface area (Å²) in [5, 5.41) is 16.4. The average molecular weight is 553 g/mol.